The molecule has 2 unspecified atom stereocenters. The fourth-order valence-electron chi connectivity index (χ4n) is 4.86. The van der Waals surface area contributed by atoms with Gasteiger partial charge in [-0.1, -0.05) is 62.4 Å². The van der Waals surface area contributed by atoms with E-state index in [0.29, 0.717) is 6.42 Å². The van der Waals surface area contributed by atoms with Gasteiger partial charge in [-0.05, 0) is 34.6 Å². The lowest BCUT2D eigenvalue weighted by Gasteiger charge is -2.28. The van der Waals surface area contributed by atoms with Crippen LogP contribution in [0.25, 0.3) is 11.1 Å². The van der Waals surface area contributed by atoms with Crippen molar-refractivity contribution in [2.24, 2.45) is 11.8 Å². The maximum atomic E-state index is 13.3. The van der Waals surface area contributed by atoms with Gasteiger partial charge in [0.1, 0.15) is 12.6 Å². The summed E-state index contributed by atoms with van der Waals surface area (Å²) in [5.74, 6) is -2.06. The molecule has 0 aromatic heterocycles. The molecule has 2 aliphatic rings. The van der Waals surface area contributed by atoms with Crippen molar-refractivity contribution in [1.29, 1.82) is 0 Å². The van der Waals surface area contributed by atoms with Crippen LogP contribution >= 0.6 is 0 Å². The zero-order valence-corrected chi connectivity index (χ0v) is 20.1. The molecular formula is C27H32N2O6. The Morgan fingerprint density at radius 2 is 1.71 bits per heavy atom. The summed E-state index contributed by atoms with van der Waals surface area (Å²) in [4.78, 5) is 39.1. The van der Waals surface area contributed by atoms with Crippen molar-refractivity contribution in [3.8, 4) is 11.1 Å². The Balaban J connectivity index is 1.43. The molecule has 8 nitrogen and oxygen atoms in total. The summed E-state index contributed by atoms with van der Waals surface area (Å²) in [5.41, 5.74) is 4.50. The van der Waals surface area contributed by atoms with E-state index in [0.717, 1.165) is 22.3 Å². The fourth-order valence-corrected chi connectivity index (χ4v) is 4.86. The number of carboxylic acid groups (broad SMARTS) is 1. The van der Waals surface area contributed by atoms with Crippen LogP contribution in [-0.2, 0) is 19.1 Å². The highest BCUT2D eigenvalue weighted by atomic mass is 16.5. The predicted octanol–water partition coefficient (Wildman–Crippen LogP) is 3.50. The normalized spacial score (nSPS) is 18.4. The first-order valence-corrected chi connectivity index (χ1v) is 12.1. The topological polar surface area (TPSA) is 105 Å². The second-order valence-electron chi connectivity index (χ2n) is 9.55. The van der Waals surface area contributed by atoms with Crippen LogP contribution in [0.3, 0.4) is 0 Å². The number of amides is 2. The van der Waals surface area contributed by atoms with Crippen LogP contribution in [0.1, 0.15) is 37.3 Å². The molecule has 35 heavy (non-hydrogen) atoms. The number of rotatable bonds is 7. The van der Waals surface area contributed by atoms with Crippen LogP contribution in [0.15, 0.2) is 48.5 Å². The van der Waals surface area contributed by atoms with E-state index in [4.69, 9.17) is 9.47 Å². The van der Waals surface area contributed by atoms with Crippen LogP contribution in [0.4, 0.5) is 4.79 Å². The van der Waals surface area contributed by atoms with Crippen LogP contribution in [0.2, 0.25) is 0 Å². The summed E-state index contributed by atoms with van der Waals surface area (Å²) in [6.45, 7) is 4.74. The molecule has 186 valence electrons. The number of fused-ring (bicyclic) bond motifs is 3. The maximum Gasteiger partial charge on any atom is 0.407 e. The molecule has 2 amide bonds. The van der Waals surface area contributed by atoms with Gasteiger partial charge >= 0.3 is 12.1 Å². The highest BCUT2D eigenvalue weighted by molar-refractivity contribution is 5.86. The Morgan fingerprint density at radius 3 is 2.31 bits per heavy atom. The molecule has 0 radical (unpaired) electrons. The summed E-state index contributed by atoms with van der Waals surface area (Å²) >= 11 is 0. The van der Waals surface area contributed by atoms with Crippen molar-refractivity contribution in [3.05, 3.63) is 59.7 Å². The van der Waals surface area contributed by atoms with Crippen molar-refractivity contribution in [1.82, 2.24) is 10.2 Å². The SMILES string of the molecule is CC(C)CC(NC(=O)OCC1c2ccccc2-c2ccccc21)C(=O)N1CCOCC(C(=O)O)C1. The average molecular weight is 481 g/mol. The van der Waals surface area contributed by atoms with Gasteiger partial charge in [-0.2, -0.15) is 0 Å². The Labute approximate surface area is 205 Å². The van der Waals surface area contributed by atoms with Crippen molar-refractivity contribution < 1.29 is 29.0 Å². The first-order chi connectivity index (χ1) is 16.8. The van der Waals surface area contributed by atoms with Crippen molar-refractivity contribution in [2.45, 2.75) is 32.2 Å². The monoisotopic (exact) mass is 480 g/mol. The Bertz CT molecular complexity index is 1040. The van der Waals surface area contributed by atoms with Gasteiger partial charge in [0.25, 0.3) is 0 Å². The quantitative estimate of drug-likeness (QED) is 0.629. The maximum absolute atomic E-state index is 13.3. The number of hydrogen-bond donors (Lipinski definition) is 2. The number of nitrogens with zero attached hydrogens (tertiary/aromatic N) is 1. The number of ether oxygens (including phenoxy) is 2. The van der Waals surface area contributed by atoms with E-state index in [1.165, 1.54) is 4.90 Å². The molecule has 1 fully saturated rings. The van der Waals surface area contributed by atoms with E-state index in [-0.39, 0.29) is 50.7 Å². The third-order valence-electron chi connectivity index (χ3n) is 6.57. The standard InChI is InChI=1S/C27H32N2O6/c1-17(2)13-24(25(30)29-11-12-34-15-18(14-29)26(31)32)28-27(33)35-16-23-21-9-5-3-7-19(21)20-8-4-6-10-22(20)23/h3-10,17-18,23-24H,11-16H2,1-2H3,(H,28,33)(H,31,32). The Kier molecular flexibility index (Phi) is 7.70. The number of carbonyl (C=O) groups excluding carboxylic acids is 2. The van der Waals surface area contributed by atoms with E-state index < -0.39 is 24.0 Å². The molecule has 1 aliphatic heterocycles. The van der Waals surface area contributed by atoms with E-state index >= 15 is 0 Å². The van der Waals surface area contributed by atoms with Crippen molar-refractivity contribution >= 4 is 18.0 Å². The third-order valence-corrected chi connectivity index (χ3v) is 6.57. The first-order valence-electron chi connectivity index (χ1n) is 12.1. The summed E-state index contributed by atoms with van der Waals surface area (Å²) in [7, 11) is 0. The Morgan fingerprint density at radius 1 is 1.09 bits per heavy atom. The molecule has 0 spiro atoms. The van der Waals surface area contributed by atoms with Crippen LogP contribution < -0.4 is 5.32 Å². The largest absolute Gasteiger partial charge is 0.481 e. The van der Waals surface area contributed by atoms with Crippen LogP contribution in [-0.4, -0.2) is 66.9 Å². The van der Waals surface area contributed by atoms with Gasteiger partial charge in [-0.15, -0.1) is 0 Å². The zero-order chi connectivity index (χ0) is 24.9. The second-order valence-corrected chi connectivity index (χ2v) is 9.55. The van der Waals surface area contributed by atoms with Gasteiger partial charge < -0.3 is 24.8 Å². The average Bonchev–Trinajstić information content (AvgIpc) is 2.97. The summed E-state index contributed by atoms with van der Waals surface area (Å²) in [6.07, 6.45) is -0.246. The number of hydrogen-bond acceptors (Lipinski definition) is 5. The number of aliphatic carboxylic acids is 1. The van der Waals surface area contributed by atoms with Gasteiger partial charge in [0.15, 0.2) is 0 Å². The molecule has 8 heteroatoms. The Hall–Kier alpha value is -3.39. The number of benzene rings is 2. The lowest BCUT2D eigenvalue weighted by atomic mass is 9.98. The van der Waals surface area contributed by atoms with Crippen molar-refractivity contribution in [2.75, 3.05) is 32.9 Å². The summed E-state index contributed by atoms with van der Waals surface area (Å²) in [6, 6.07) is 15.4. The number of nitrogens with one attached hydrogen (secondary N) is 1. The summed E-state index contributed by atoms with van der Waals surface area (Å²) < 4.78 is 11.0. The smallest absolute Gasteiger partial charge is 0.407 e. The highest BCUT2D eigenvalue weighted by Gasteiger charge is 2.33. The fraction of sp³-hybridized carbons (Fsp3) is 0.444. The van der Waals surface area contributed by atoms with E-state index in [2.05, 4.69) is 17.4 Å². The van der Waals surface area contributed by atoms with Gasteiger partial charge in [0.05, 0.1) is 19.1 Å². The van der Waals surface area contributed by atoms with E-state index in [1.807, 2.05) is 50.2 Å². The number of carboxylic acids is 1. The lowest BCUT2D eigenvalue weighted by molar-refractivity contribution is -0.144. The predicted molar refractivity (Wildman–Crippen MR) is 130 cm³/mol. The van der Waals surface area contributed by atoms with Gasteiger partial charge in [0, 0.05) is 19.0 Å². The molecule has 1 saturated heterocycles. The van der Waals surface area contributed by atoms with Gasteiger partial charge in [-0.25, -0.2) is 4.79 Å². The van der Waals surface area contributed by atoms with Crippen LogP contribution in [0.5, 0.6) is 0 Å². The van der Waals surface area contributed by atoms with Gasteiger partial charge in [-0.3, -0.25) is 9.59 Å². The lowest BCUT2D eigenvalue weighted by Crippen LogP contribution is -2.51. The second kappa shape index (κ2) is 10.9. The molecule has 0 bridgehead atoms. The molecule has 2 aromatic carbocycles. The molecule has 2 N–H and O–H groups in total. The number of carbonyl (C=O) groups is 3. The molecule has 4 rings (SSSR count). The van der Waals surface area contributed by atoms with Crippen molar-refractivity contribution in [3.63, 3.8) is 0 Å². The summed E-state index contributed by atoms with van der Waals surface area (Å²) in [5, 5.41) is 12.1. The van der Waals surface area contributed by atoms with Gasteiger partial charge in [0.2, 0.25) is 5.91 Å². The molecular weight excluding hydrogens is 448 g/mol. The van der Waals surface area contributed by atoms with E-state index in [1.54, 1.807) is 0 Å². The third kappa shape index (κ3) is 5.65. The highest BCUT2D eigenvalue weighted by Crippen LogP contribution is 2.44. The number of alkyl carbamates (subject to hydrolysis) is 1. The molecule has 1 heterocycles. The minimum absolute atomic E-state index is 0.0507. The minimum atomic E-state index is -1.00. The molecule has 0 saturated carbocycles. The van der Waals surface area contributed by atoms with Crippen LogP contribution in [0, 0.1) is 11.8 Å². The molecule has 1 aliphatic carbocycles. The molecule has 2 atom stereocenters. The minimum Gasteiger partial charge on any atom is -0.481 e. The van der Waals surface area contributed by atoms with E-state index in [9.17, 15) is 19.5 Å². The first kappa shape index (κ1) is 24.7. The molecule has 2 aromatic rings. The zero-order valence-electron chi connectivity index (χ0n) is 20.1.